The highest BCUT2D eigenvalue weighted by Gasteiger charge is 2.21. The minimum absolute atomic E-state index is 0.0596. The van der Waals surface area contributed by atoms with E-state index in [0.717, 1.165) is 12.3 Å². The number of pyridine rings is 1. The van der Waals surface area contributed by atoms with E-state index in [9.17, 15) is 20.1 Å². The number of hydrogen-bond donors (Lipinski definition) is 0. The van der Waals surface area contributed by atoms with Gasteiger partial charge >= 0.3 is 5.97 Å². The molecule has 0 saturated carbocycles. The molecule has 0 saturated heterocycles. The third kappa shape index (κ3) is 2.44. The Hall–Kier alpha value is -2.18. The maximum Gasteiger partial charge on any atom is 0.303 e. The number of aromatic nitrogens is 1. The first kappa shape index (κ1) is 11.9. The van der Waals surface area contributed by atoms with Crippen LogP contribution in [0.15, 0.2) is 12.3 Å². The van der Waals surface area contributed by atoms with Crippen molar-refractivity contribution in [2.75, 3.05) is 0 Å². The van der Waals surface area contributed by atoms with Crippen LogP contribution in [0, 0.1) is 22.2 Å². The summed E-state index contributed by atoms with van der Waals surface area (Å²) in [5.74, 6) is -0.550. The van der Waals surface area contributed by atoms with E-state index in [4.69, 9.17) is 0 Å². The SMILES string of the molecule is CC(=O)OCc1c(C)c([N+](=O)[O-])cc[n+]1[O-]. The van der Waals surface area contributed by atoms with Gasteiger partial charge in [-0.15, -0.1) is 0 Å². The minimum Gasteiger partial charge on any atom is -0.618 e. The zero-order valence-electron chi connectivity index (χ0n) is 8.80. The molecule has 0 aromatic carbocycles. The maximum atomic E-state index is 11.3. The molecular formula is C9H10N2O5. The highest BCUT2D eigenvalue weighted by molar-refractivity contribution is 5.65. The van der Waals surface area contributed by atoms with Gasteiger partial charge in [-0.2, -0.15) is 4.73 Å². The Morgan fingerprint density at radius 2 is 2.25 bits per heavy atom. The number of ether oxygens (including phenoxy) is 1. The molecule has 0 spiro atoms. The van der Waals surface area contributed by atoms with Gasteiger partial charge in [-0.25, -0.2) is 0 Å². The molecule has 0 amide bonds. The zero-order valence-corrected chi connectivity index (χ0v) is 8.80. The normalized spacial score (nSPS) is 9.88. The number of nitro groups is 1. The lowest BCUT2D eigenvalue weighted by Gasteiger charge is -2.07. The summed E-state index contributed by atoms with van der Waals surface area (Å²) < 4.78 is 5.09. The van der Waals surface area contributed by atoms with Crippen molar-refractivity contribution in [1.29, 1.82) is 0 Å². The molecule has 0 aliphatic carbocycles. The minimum atomic E-state index is -0.591. The van der Waals surface area contributed by atoms with Crippen LogP contribution in [0.25, 0.3) is 0 Å². The lowest BCUT2D eigenvalue weighted by molar-refractivity contribution is -0.617. The van der Waals surface area contributed by atoms with Gasteiger partial charge in [-0.3, -0.25) is 14.9 Å². The van der Waals surface area contributed by atoms with Gasteiger partial charge < -0.3 is 9.94 Å². The quantitative estimate of drug-likeness (QED) is 0.247. The number of carbonyl (C=O) groups excluding carboxylic acids is 1. The van der Waals surface area contributed by atoms with Crippen LogP contribution in [0.4, 0.5) is 5.69 Å². The van der Waals surface area contributed by atoms with Crippen molar-refractivity contribution in [2.24, 2.45) is 0 Å². The van der Waals surface area contributed by atoms with Crippen LogP contribution in [-0.4, -0.2) is 10.9 Å². The Bertz CT molecular complexity index is 444. The van der Waals surface area contributed by atoms with E-state index in [0.29, 0.717) is 4.73 Å². The fourth-order valence-corrected chi connectivity index (χ4v) is 1.21. The van der Waals surface area contributed by atoms with E-state index in [2.05, 4.69) is 4.74 Å². The molecule has 7 nitrogen and oxygen atoms in total. The summed E-state index contributed by atoms with van der Waals surface area (Å²) in [4.78, 5) is 20.6. The summed E-state index contributed by atoms with van der Waals surface area (Å²) in [5, 5.41) is 21.9. The number of hydrogen-bond acceptors (Lipinski definition) is 5. The largest absolute Gasteiger partial charge is 0.618 e. The monoisotopic (exact) mass is 226 g/mol. The Morgan fingerprint density at radius 3 is 2.75 bits per heavy atom. The molecule has 16 heavy (non-hydrogen) atoms. The first-order valence-corrected chi connectivity index (χ1v) is 4.43. The van der Waals surface area contributed by atoms with Crippen LogP contribution in [-0.2, 0) is 16.1 Å². The Balaban J connectivity index is 3.11. The molecular weight excluding hydrogens is 216 g/mol. The van der Waals surface area contributed by atoms with Crippen molar-refractivity contribution >= 4 is 11.7 Å². The lowest BCUT2D eigenvalue weighted by Crippen LogP contribution is -2.33. The summed E-state index contributed by atoms with van der Waals surface area (Å²) in [6.07, 6.45) is 1.02. The van der Waals surface area contributed by atoms with Gasteiger partial charge in [0.15, 0.2) is 12.8 Å². The molecule has 0 radical (unpaired) electrons. The predicted octanol–water partition coefficient (Wildman–Crippen LogP) is 0.600. The van der Waals surface area contributed by atoms with Crippen LogP contribution in [0.1, 0.15) is 18.2 Å². The second-order valence-corrected chi connectivity index (χ2v) is 3.14. The summed E-state index contributed by atoms with van der Waals surface area (Å²) >= 11 is 0. The van der Waals surface area contributed by atoms with Crippen LogP contribution in [0.2, 0.25) is 0 Å². The van der Waals surface area contributed by atoms with Gasteiger partial charge in [0.1, 0.15) is 0 Å². The van der Waals surface area contributed by atoms with Gasteiger partial charge in [0, 0.05) is 6.92 Å². The number of nitrogens with zero attached hydrogens (tertiary/aromatic N) is 2. The molecule has 86 valence electrons. The topological polar surface area (TPSA) is 96.4 Å². The molecule has 7 heteroatoms. The molecule has 0 bridgehead atoms. The first-order valence-electron chi connectivity index (χ1n) is 4.43. The van der Waals surface area contributed by atoms with Gasteiger partial charge in [0.05, 0.1) is 16.6 Å². The third-order valence-corrected chi connectivity index (χ3v) is 2.06. The van der Waals surface area contributed by atoms with Gasteiger partial charge in [-0.05, 0) is 6.92 Å². The van der Waals surface area contributed by atoms with Crippen molar-refractivity contribution in [2.45, 2.75) is 20.5 Å². The highest BCUT2D eigenvalue weighted by Crippen LogP contribution is 2.18. The average molecular weight is 226 g/mol. The number of carbonyl (C=O) groups is 1. The molecule has 1 aromatic heterocycles. The molecule has 0 fully saturated rings. The van der Waals surface area contributed by atoms with E-state index in [1.54, 1.807) is 0 Å². The van der Waals surface area contributed by atoms with Gasteiger partial charge in [0.25, 0.3) is 5.69 Å². The zero-order chi connectivity index (χ0) is 12.3. The van der Waals surface area contributed by atoms with Crippen molar-refractivity contribution < 1.29 is 19.2 Å². The van der Waals surface area contributed by atoms with E-state index in [-0.39, 0.29) is 23.6 Å². The Labute approximate surface area is 91.0 Å². The molecule has 1 aromatic rings. The Kier molecular flexibility index (Phi) is 3.39. The van der Waals surface area contributed by atoms with Gasteiger partial charge in [0.2, 0.25) is 5.69 Å². The summed E-state index contributed by atoms with van der Waals surface area (Å²) in [7, 11) is 0. The van der Waals surface area contributed by atoms with Crippen LogP contribution in [0.5, 0.6) is 0 Å². The molecule has 0 aliphatic heterocycles. The summed E-state index contributed by atoms with van der Waals surface area (Å²) in [6.45, 7) is 2.36. The smallest absolute Gasteiger partial charge is 0.303 e. The molecule has 0 N–H and O–H groups in total. The summed E-state index contributed by atoms with van der Waals surface area (Å²) in [5.41, 5.74) is 0.0856. The lowest BCUT2D eigenvalue weighted by atomic mass is 10.2. The van der Waals surface area contributed by atoms with Crippen LogP contribution >= 0.6 is 0 Å². The molecule has 1 heterocycles. The van der Waals surface area contributed by atoms with Crippen molar-refractivity contribution in [3.63, 3.8) is 0 Å². The average Bonchev–Trinajstić information content (AvgIpc) is 2.16. The fourth-order valence-electron chi connectivity index (χ4n) is 1.21. The third-order valence-electron chi connectivity index (χ3n) is 2.06. The number of esters is 1. The molecule has 0 aliphatic rings. The van der Waals surface area contributed by atoms with E-state index < -0.39 is 10.9 Å². The first-order chi connectivity index (χ1) is 7.43. The fraction of sp³-hybridized carbons (Fsp3) is 0.333. The van der Waals surface area contributed by atoms with Crippen molar-refractivity contribution in [1.82, 2.24) is 0 Å². The predicted molar refractivity (Wildman–Crippen MR) is 52.3 cm³/mol. The summed E-state index contributed by atoms with van der Waals surface area (Å²) in [6, 6.07) is 1.11. The second kappa shape index (κ2) is 4.56. The second-order valence-electron chi connectivity index (χ2n) is 3.14. The van der Waals surface area contributed by atoms with Crippen LogP contribution < -0.4 is 4.73 Å². The standard InChI is InChI=1S/C9H10N2O5/c1-6-8(11(14)15)3-4-10(13)9(6)5-16-7(2)12/h3-4H,5H2,1-2H3. The van der Waals surface area contributed by atoms with Crippen molar-refractivity contribution in [3.8, 4) is 0 Å². The highest BCUT2D eigenvalue weighted by atomic mass is 16.6. The van der Waals surface area contributed by atoms with E-state index in [1.165, 1.54) is 13.8 Å². The Morgan fingerprint density at radius 1 is 1.62 bits per heavy atom. The van der Waals surface area contributed by atoms with Crippen LogP contribution in [0.3, 0.4) is 0 Å². The molecule has 0 atom stereocenters. The van der Waals surface area contributed by atoms with Gasteiger partial charge in [-0.1, -0.05) is 0 Å². The maximum absolute atomic E-state index is 11.3. The number of rotatable bonds is 3. The van der Waals surface area contributed by atoms with Crippen molar-refractivity contribution in [3.05, 3.63) is 38.8 Å². The molecule has 0 unspecified atom stereocenters. The van der Waals surface area contributed by atoms with E-state index in [1.807, 2.05) is 0 Å². The van der Waals surface area contributed by atoms with E-state index >= 15 is 0 Å². The molecule has 1 rings (SSSR count).